The first-order valence-corrected chi connectivity index (χ1v) is 13.8. The van der Waals surface area contributed by atoms with Crippen LogP contribution in [0.4, 0.5) is 5.69 Å². The highest BCUT2D eigenvalue weighted by molar-refractivity contribution is 7.91. The summed E-state index contributed by atoms with van der Waals surface area (Å²) in [6.45, 7) is 9.25. The van der Waals surface area contributed by atoms with Crippen molar-refractivity contribution in [2.24, 2.45) is 0 Å². The zero-order valence-electron chi connectivity index (χ0n) is 20.0. The average molecular weight is 473 g/mol. The van der Waals surface area contributed by atoms with Gasteiger partial charge in [0, 0.05) is 36.9 Å². The van der Waals surface area contributed by atoms with Gasteiger partial charge in [-0.1, -0.05) is 25.5 Å². The van der Waals surface area contributed by atoms with Crippen LogP contribution in [-0.4, -0.2) is 56.5 Å². The molecule has 1 unspecified atom stereocenters. The minimum atomic E-state index is -3.11. The summed E-state index contributed by atoms with van der Waals surface area (Å²) in [5.41, 5.74) is 2.67. The maximum Gasteiger partial charge on any atom is 0.254 e. The molecule has 0 aromatic heterocycles. The molecule has 1 atom stereocenters. The summed E-state index contributed by atoms with van der Waals surface area (Å²) in [6, 6.07) is 15.0. The fraction of sp³-hybridized carbons (Fsp3) is 0.500. The molecule has 1 heterocycles. The van der Waals surface area contributed by atoms with E-state index in [2.05, 4.69) is 37.8 Å². The Kier molecular flexibility index (Phi) is 8.78. The molecule has 0 radical (unpaired) electrons. The third-order valence-corrected chi connectivity index (χ3v) is 7.95. The number of anilines is 1. The van der Waals surface area contributed by atoms with Gasteiger partial charge in [0.1, 0.15) is 5.75 Å². The van der Waals surface area contributed by atoms with E-state index in [1.807, 2.05) is 24.3 Å². The highest BCUT2D eigenvalue weighted by Gasteiger charge is 2.35. The van der Waals surface area contributed by atoms with Crippen LogP contribution in [0.25, 0.3) is 0 Å². The predicted octanol–water partition coefficient (Wildman–Crippen LogP) is 4.54. The molecule has 3 rings (SSSR count). The zero-order valence-corrected chi connectivity index (χ0v) is 20.8. The Morgan fingerprint density at radius 2 is 1.67 bits per heavy atom. The van der Waals surface area contributed by atoms with Gasteiger partial charge in [-0.3, -0.25) is 4.79 Å². The number of hydrogen-bond acceptors (Lipinski definition) is 5. The van der Waals surface area contributed by atoms with Gasteiger partial charge in [0.25, 0.3) is 5.91 Å². The Labute approximate surface area is 198 Å². The molecule has 1 aliphatic heterocycles. The summed E-state index contributed by atoms with van der Waals surface area (Å²) in [5, 5.41) is 0. The SMILES string of the molecule is CCCCOc1ccc(C(=O)N(Cc2ccc(N(CC)CC)cc2)C2CCS(=O)(=O)C2)cc1. The Bertz CT molecular complexity index is 1000. The quantitative estimate of drug-likeness (QED) is 0.449. The van der Waals surface area contributed by atoms with Crippen molar-refractivity contribution >= 4 is 21.4 Å². The third kappa shape index (κ3) is 6.73. The van der Waals surface area contributed by atoms with Gasteiger partial charge in [-0.2, -0.15) is 0 Å². The molecular formula is C26H36N2O4S. The van der Waals surface area contributed by atoms with Crippen molar-refractivity contribution in [2.45, 2.75) is 52.6 Å². The number of rotatable bonds is 11. The van der Waals surface area contributed by atoms with Gasteiger partial charge >= 0.3 is 0 Å². The summed E-state index contributed by atoms with van der Waals surface area (Å²) in [4.78, 5) is 17.5. The van der Waals surface area contributed by atoms with Crippen LogP contribution in [0, 0.1) is 0 Å². The highest BCUT2D eigenvalue weighted by Crippen LogP contribution is 2.24. The second-order valence-corrected chi connectivity index (χ2v) is 10.8. The van der Waals surface area contributed by atoms with E-state index in [-0.39, 0.29) is 23.5 Å². The molecule has 0 spiro atoms. The van der Waals surface area contributed by atoms with Crippen LogP contribution in [0.2, 0.25) is 0 Å². The van der Waals surface area contributed by atoms with Crippen molar-refractivity contribution in [3.8, 4) is 5.75 Å². The smallest absolute Gasteiger partial charge is 0.254 e. The van der Waals surface area contributed by atoms with E-state index >= 15 is 0 Å². The van der Waals surface area contributed by atoms with Crippen molar-refractivity contribution in [1.82, 2.24) is 4.90 Å². The molecular weight excluding hydrogens is 436 g/mol. The Hall–Kier alpha value is -2.54. The number of benzene rings is 2. The number of amides is 1. The minimum absolute atomic E-state index is 0.0223. The van der Waals surface area contributed by atoms with E-state index < -0.39 is 9.84 Å². The van der Waals surface area contributed by atoms with Gasteiger partial charge in [-0.15, -0.1) is 0 Å². The van der Waals surface area contributed by atoms with Crippen LogP contribution in [0.3, 0.4) is 0 Å². The Morgan fingerprint density at radius 1 is 1.00 bits per heavy atom. The van der Waals surface area contributed by atoms with Crippen LogP contribution < -0.4 is 9.64 Å². The van der Waals surface area contributed by atoms with Gasteiger partial charge in [0.2, 0.25) is 0 Å². The molecule has 7 heteroatoms. The molecule has 1 aliphatic rings. The lowest BCUT2D eigenvalue weighted by Gasteiger charge is -2.29. The third-order valence-electron chi connectivity index (χ3n) is 6.20. The Morgan fingerprint density at radius 3 is 2.21 bits per heavy atom. The molecule has 6 nitrogen and oxygen atoms in total. The number of carbonyl (C=O) groups excluding carboxylic acids is 1. The molecule has 1 saturated heterocycles. The number of nitrogens with zero attached hydrogens (tertiary/aromatic N) is 2. The summed E-state index contributed by atoms with van der Waals surface area (Å²) in [7, 11) is -3.11. The number of ether oxygens (including phenoxy) is 1. The van der Waals surface area contributed by atoms with Crippen LogP contribution in [0.5, 0.6) is 5.75 Å². The van der Waals surface area contributed by atoms with Gasteiger partial charge in [0.05, 0.1) is 18.1 Å². The molecule has 0 N–H and O–H groups in total. The standard InChI is InChI=1S/C26H36N2O4S/c1-4-7-17-32-25-14-10-22(11-15-25)26(29)28(24-16-18-33(30,31)20-24)19-21-8-12-23(13-9-21)27(5-2)6-3/h8-15,24H,4-7,16-20H2,1-3H3. The molecule has 2 aromatic rings. The van der Waals surface area contributed by atoms with Crippen molar-refractivity contribution in [2.75, 3.05) is 36.1 Å². The van der Waals surface area contributed by atoms with Crippen LogP contribution in [-0.2, 0) is 16.4 Å². The molecule has 0 bridgehead atoms. The minimum Gasteiger partial charge on any atom is -0.494 e. The highest BCUT2D eigenvalue weighted by atomic mass is 32.2. The van der Waals surface area contributed by atoms with Gasteiger partial charge < -0.3 is 14.5 Å². The normalized spacial score (nSPS) is 17.0. The van der Waals surface area contributed by atoms with Crippen molar-refractivity contribution in [1.29, 1.82) is 0 Å². The van der Waals surface area contributed by atoms with Crippen LogP contribution in [0.1, 0.15) is 56.0 Å². The van der Waals surface area contributed by atoms with E-state index in [0.717, 1.165) is 42.9 Å². The molecule has 0 aliphatic carbocycles. The Balaban J connectivity index is 1.79. The topological polar surface area (TPSA) is 66.9 Å². The second kappa shape index (κ2) is 11.5. The molecule has 1 amide bonds. The summed E-state index contributed by atoms with van der Waals surface area (Å²) >= 11 is 0. The van der Waals surface area contributed by atoms with Crippen LogP contribution in [0.15, 0.2) is 48.5 Å². The molecule has 0 saturated carbocycles. The number of hydrogen-bond donors (Lipinski definition) is 0. The maximum atomic E-state index is 13.5. The lowest BCUT2D eigenvalue weighted by molar-refractivity contribution is 0.0681. The number of carbonyl (C=O) groups is 1. The van der Waals surface area contributed by atoms with Gasteiger partial charge in [-0.05, 0) is 68.7 Å². The van der Waals surface area contributed by atoms with Crippen molar-refractivity contribution in [3.05, 3.63) is 59.7 Å². The lowest BCUT2D eigenvalue weighted by atomic mass is 10.1. The molecule has 2 aromatic carbocycles. The molecule has 1 fully saturated rings. The maximum absolute atomic E-state index is 13.5. The molecule has 180 valence electrons. The largest absolute Gasteiger partial charge is 0.494 e. The van der Waals surface area contributed by atoms with E-state index in [0.29, 0.717) is 25.1 Å². The summed E-state index contributed by atoms with van der Waals surface area (Å²) in [6.07, 6.45) is 2.52. The van der Waals surface area contributed by atoms with Crippen molar-refractivity contribution in [3.63, 3.8) is 0 Å². The number of sulfone groups is 1. The zero-order chi connectivity index (χ0) is 23.8. The average Bonchev–Trinajstić information content (AvgIpc) is 3.18. The van der Waals surface area contributed by atoms with Gasteiger partial charge in [-0.25, -0.2) is 8.42 Å². The lowest BCUT2D eigenvalue weighted by Crippen LogP contribution is -2.40. The second-order valence-electron chi connectivity index (χ2n) is 8.56. The van der Waals surface area contributed by atoms with E-state index in [1.54, 1.807) is 17.0 Å². The van der Waals surface area contributed by atoms with Crippen molar-refractivity contribution < 1.29 is 17.9 Å². The summed E-state index contributed by atoms with van der Waals surface area (Å²) < 4.78 is 30.0. The van der Waals surface area contributed by atoms with E-state index in [9.17, 15) is 13.2 Å². The van der Waals surface area contributed by atoms with Gasteiger partial charge in [0.15, 0.2) is 9.84 Å². The first kappa shape index (κ1) is 25.1. The summed E-state index contributed by atoms with van der Waals surface area (Å²) in [5.74, 6) is 0.744. The van der Waals surface area contributed by atoms with E-state index in [1.165, 1.54) is 0 Å². The monoisotopic (exact) mass is 472 g/mol. The number of unbranched alkanes of at least 4 members (excludes halogenated alkanes) is 1. The van der Waals surface area contributed by atoms with E-state index in [4.69, 9.17) is 4.74 Å². The first-order valence-electron chi connectivity index (χ1n) is 11.9. The fourth-order valence-electron chi connectivity index (χ4n) is 4.18. The molecule has 33 heavy (non-hydrogen) atoms. The fourth-order valence-corrected chi connectivity index (χ4v) is 5.91. The first-order chi connectivity index (χ1) is 15.9. The predicted molar refractivity (Wildman–Crippen MR) is 134 cm³/mol. The van der Waals surface area contributed by atoms with Crippen LogP contribution >= 0.6 is 0 Å².